The molecule has 0 spiro atoms. The van der Waals surface area contributed by atoms with Crippen molar-refractivity contribution in [3.63, 3.8) is 0 Å². The van der Waals surface area contributed by atoms with Crippen LogP contribution in [0.15, 0.2) is 24.3 Å². The number of nitrogens with one attached hydrogen (secondary N) is 2. The lowest BCUT2D eigenvalue weighted by Crippen LogP contribution is -2.04. The Kier molecular flexibility index (Phi) is 2.35. The highest BCUT2D eigenvalue weighted by molar-refractivity contribution is 5.76. The Bertz CT molecular complexity index is 757. The van der Waals surface area contributed by atoms with Crippen molar-refractivity contribution in [3.05, 3.63) is 29.8 Å². The van der Waals surface area contributed by atoms with Gasteiger partial charge in [0, 0.05) is 7.05 Å². The summed E-state index contributed by atoms with van der Waals surface area (Å²) in [6.45, 7) is 0. The molecule has 0 aliphatic rings. The summed E-state index contributed by atoms with van der Waals surface area (Å²) in [7, 11) is 1.69. The lowest BCUT2D eigenvalue weighted by atomic mass is 10.3. The van der Waals surface area contributed by atoms with E-state index in [1.807, 2.05) is 30.3 Å². The van der Waals surface area contributed by atoms with Gasteiger partial charge in [-0.2, -0.15) is 9.94 Å². The maximum atomic E-state index is 9.08. The minimum atomic E-state index is 0.255. The highest BCUT2D eigenvalue weighted by Gasteiger charge is 2.17. The van der Waals surface area contributed by atoms with Crippen LogP contribution >= 0.6 is 0 Å². The van der Waals surface area contributed by atoms with Crippen molar-refractivity contribution in [3.8, 4) is 12.0 Å². The molecule has 0 aliphatic carbocycles. The second-order valence-electron chi connectivity index (χ2n) is 3.96. The van der Waals surface area contributed by atoms with E-state index >= 15 is 0 Å². The molecule has 19 heavy (non-hydrogen) atoms. The minimum absolute atomic E-state index is 0.255. The number of fused-ring (bicyclic) bond motifs is 1. The molecule has 7 heteroatoms. The van der Waals surface area contributed by atoms with E-state index in [0.29, 0.717) is 17.3 Å². The molecule has 0 fully saturated rings. The Labute approximate surface area is 108 Å². The van der Waals surface area contributed by atoms with E-state index in [2.05, 4.69) is 20.4 Å². The van der Waals surface area contributed by atoms with Crippen LogP contribution in [0.2, 0.25) is 0 Å². The summed E-state index contributed by atoms with van der Waals surface area (Å²) >= 11 is 0. The fourth-order valence-corrected chi connectivity index (χ4v) is 1.92. The Morgan fingerprint density at radius 3 is 2.84 bits per heavy atom. The maximum absolute atomic E-state index is 9.08. The summed E-state index contributed by atoms with van der Waals surface area (Å²) in [6, 6.07) is 9.64. The third-order valence-electron chi connectivity index (χ3n) is 2.85. The van der Waals surface area contributed by atoms with Crippen LogP contribution in [0.1, 0.15) is 5.56 Å². The van der Waals surface area contributed by atoms with Gasteiger partial charge in [0.2, 0.25) is 5.95 Å². The third-order valence-corrected chi connectivity index (χ3v) is 2.85. The first kappa shape index (κ1) is 11.1. The molecule has 0 unspecified atom stereocenters. The van der Waals surface area contributed by atoms with E-state index in [-0.39, 0.29) is 5.82 Å². The lowest BCUT2D eigenvalue weighted by molar-refractivity contribution is 0.841. The summed E-state index contributed by atoms with van der Waals surface area (Å²) in [4.78, 5) is 7.51. The zero-order chi connectivity index (χ0) is 13.4. The molecular formula is C12H11N7. The van der Waals surface area contributed by atoms with Crippen LogP contribution in [0.3, 0.4) is 0 Å². The van der Waals surface area contributed by atoms with Gasteiger partial charge in [0.15, 0.2) is 11.6 Å². The normalized spacial score (nSPS) is 10.5. The Morgan fingerprint density at radius 2 is 2.21 bits per heavy atom. The fourth-order valence-electron chi connectivity index (χ4n) is 1.92. The van der Waals surface area contributed by atoms with Gasteiger partial charge in [-0.1, -0.05) is 12.1 Å². The van der Waals surface area contributed by atoms with Crippen molar-refractivity contribution in [1.82, 2.24) is 19.7 Å². The molecule has 3 aromatic rings. The number of nitrogen functional groups attached to an aromatic ring is 1. The standard InChI is InChI=1S/C12H11N7/c1-15-11-7(6-13)10(14)19(18-11)12-16-8-4-2-3-5-9(8)17-12/h2-5H,14H2,1H3,(H,15,18)(H,16,17). The third kappa shape index (κ3) is 1.58. The average molecular weight is 253 g/mol. The SMILES string of the molecule is CNc1nn(-c2nc3ccccc3[nH]2)c(N)c1C#N. The first-order valence-corrected chi connectivity index (χ1v) is 5.66. The highest BCUT2D eigenvalue weighted by Crippen LogP contribution is 2.23. The van der Waals surface area contributed by atoms with Crippen molar-refractivity contribution < 1.29 is 0 Å². The van der Waals surface area contributed by atoms with Gasteiger partial charge in [-0.15, -0.1) is 5.10 Å². The number of imidazole rings is 1. The molecule has 94 valence electrons. The summed E-state index contributed by atoms with van der Waals surface area (Å²) < 4.78 is 1.42. The molecule has 3 rings (SSSR count). The minimum Gasteiger partial charge on any atom is -0.382 e. The Hall–Kier alpha value is -3.01. The van der Waals surface area contributed by atoms with Crippen molar-refractivity contribution in [2.24, 2.45) is 0 Å². The molecule has 0 bridgehead atoms. The van der Waals surface area contributed by atoms with Gasteiger partial charge >= 0.3 is 0 Å². The summed E-state index contributed by atoms with van der Waals surface area (Å²) in [5, 5.41) is 16.1. The topological polar surface area (TPSA) is 108 Å². The van der Waals surface area contributed by atoms with Gasteiger partial charge in [-0.3, -0.25) is 0 Å². The van der Waals surface area contributed by atoms with Gasteiger partial charge in [-0.05, 0) is 12.1 Å². The number of hydrogen-bond donors (Lipinski definition) is 3. The zero-order valence-corrected chi connectivity index (χ0v) is 10.2. The quantitative estimate of drug-likeness (QED) is 0.636. The second-order valence-corrected chi connectivity index (χ2v) is 3.96. The van der Waals surface area contributed by atoms with E-state index in [1.54, 1.807) is 7.05 Å². The fraction of sp³-hybridized carbons (Fsp3) is 0.0833. The number of rotatable bonds is 2. The smallest absolute Gasteiger partial charge is 0.231 e. The number of nitriles is 1. The number of nitrogens with zero attached hydrogens (tertiary/aromatic N) is 4. The highest BCUT2D eigenvalue weighted by atomic mass is 15.4. The van der Waals surface area contributed by atoms with Crippen LogP contribution < -0.4 is 11.1 Å². The van der Waals surface area contributed by atoms with Crippen molar-refractivity contribution in [1.29, 1.82) is 5.26 Å². The number of nitrogens with two attached hydrogens (primary N) is 1. The predicted molar refractivity (Wildman–Crippen MR) is 71.9 cm³/mol. The molecule has 4 N–H and O–H groups in total. The van der Waals surface area contributed by atoms with Crippen LogP contribution in [-0.4, -0.2) is 26.8 Å². The number of H-pyrrole nitrogens is 1. The van der Waals surface area contributed by atoms with E-state index < -0.39 is 0 Å². The Morgan fingerprint density at radius 1 is 1.42 bits per heavy atom. The van der Waals surface area contributed by atoms with E-state index in [4.69, 9.17) is 11.0 Å². The van der Waals surface area contributed by atoms with Gasteiger partial charge in [0.05, 0.1) is 11.0 Å². The number of benzene rings is 1. The molecule has 0 saturated carbocycles. The lowest BCUT2D eigenvalue weighted by Gasteiger charge is -1.97. The van der Waals surface area contributed by atoms with Crippen LogP contribution in [0.5, 0.6) is 0 Å². The van der Waals surface area contributed by atoms with Gasteiger partial charge < -0.3 is 16.0 Å². The molecule has 0 saturated heterocycles. The van der Waals surface area contributed by atoms with Gasteiger partial charge in [0.1, 0.15) is 11.6 Å². The van der Waals surface area contributed by atoms with Crippen LogP contribution in [0.25, 0.3) is 17.0 Å². The van der Waals surface area contributed by atoms with E-state index in [0.717, 1.165) is 11.0 Å². The number of para-hydroxylation sites is 2. The largest absolute Gasteiger partial charge is 0.382 e. The number of hydrogen-bond acceptors (Lipinski definition) is 5. The van der Waals surface area contributed by atoms with Crippen LogP contribution in [0, 0.1) is 11.3 Å². The first-order chi connectivity index (χ1) is 9.24. The molecule has 0 aliphatic heterocycles. The molecule has 0 radical (unpaired) electrons. The molecule has 7 nitrogen and oxygen atoms in total. The zero-order valence-electron chi connectivity index (χ0n) is 10.2. The predicted octanol–water partition coefficient (Wildman–Crippen LogP) is 1.24. The summed E-state index contributed by atoms with van der Waals surface area (Å²) in [5.41, 5.74) is 7.93. The molecular weight excluding hydrogens is 242 g/mol. The molecule has 2 heterocycles. The number of aromatic amines is 1. The maximum Gasteiger partial charge on any atom is 0.231 e. The number of anilines is 2. The van der Waals surface area contributed by atoms with E-state index in [9.17, 15) is 0 Å². The van der Waals surface area contributed by atoms with Crippen LogP contribution in [-0.2, 0) is 0 Å². The van der Waals surface area contributed by atoms with Crippen molar-refractivity contribution in [2.45, 2.75) is 0 Å². The Balaban J connectivity index is 2.22. The van der Waals surface area contributed by atoms with Crippen molar-refractivity contribution in [2.75, 3.05) is 18.1 Å². The molecule has 2 aromatic heterocycles. The van der Waals surface area contributed by atoms with E-state index in [1.165, 1.54) is 4.68 Å². The van der Waals surface area contributed by atoms with Gasteiger partial charge in [-0.25, -0.2) is 4.98 Å². The van der Waals surface area contributed by atoms with Gasteiger partial charge in [0.25, 0.3) is 0 Å². The number of aromatic nitrogens is 4. The molecule has 0 atom stereocenters. The molecule has 0 amide bonds. The monoisotopic (exact) mass is 253 g/mol. The summed E-state index contributed by atoms with van der Waals surface area (Å²) in [6.07, 6.45) is 0. The average Bonchev–Trinajstić information content (AvgIpc) is 2.98. The first-order valence-electron chi connectivity index (χ1n) is 5.66. The van der Waals surface area contributed by atoms with Crippen molar-refractivity contribution >= 4 is 22.7 Å². The molecule has 1 aromatic carbocycles. The second kappa shape index (κ2) is 4.03. The van der Waals surface area contributed by atoms with Crippen LogP contribution in [0.4, 0.5) is 11.6 Å². The summed E-state index contributed by atoms with van der Waals surface area (Å²) in [5.74, 6) is 1.17.